The molecule has 1 aliphatic carbocycles. The van der Waals surface area contributed by atoms with Gasteiger partial charge in [0.25, 0.3) is 0 Å². The monoisotopic (exact) mass is 263 g/mol. The molecule has 0 spiro atoms. The van der Waals surface area contributed by atoms with Gasteiger partial charge in [0.05, 0.1) is 5.60 Å². The molecule has 1 atom stereocenters. The summed E-state index contributed by atoms with van der Waals surface area (Å²) in [5.41, 5.74) is -0.410. The fourth-order valence-electron chi connectivity index (χ4n) is 2.63. The summed E-state index contributed by atoms with van der Waals surface area (Å²) in [6, 6.07) is 10.2. The average Bonchev–Trinajstić information content (AvgIpc) is 2.85. The summed E-state index contributed by atoms with van der Waals surface area (Å²) in [5.74, 6) is 0.908. The van der Waals surface area contributed by atoms with Crippen LogP contribution in [-0.2, 0) is 0 Å². The van der Waals surface area contributed by atoms with Crippen molar-refractivity contribution in [3.05, 3.63) is 30.3 Å². The largest absolute Gasteiger partial charge is 0.492 e. The van der Waals surface area contributed by atoms with E-state index in [2.05, 4.69) is 12.2 Å². The molecular formula is C16H25NO2. The molecule has 19 heavy (non-hydrogen) atoms. The van der Waals surface area contributed by atoms with Crippen LogP contribution in [0, 0.1) is 0 Å². The third kappa shape index (κ3) is 4.84. The lowest BCUT2D eigenvalue weighted by Gasteiger charge is -2.23. The van der Waals surface area contributed by atoms with Gasteiger partial charge in [-0.05, 0) is 44.9 Å². The second-order valence-electron chi connectivity index (χ2n) is 5.66. The van der Waals surface area contributed by atoms with Crippen LogP contribution in [0.5, 0.6) is 5.75 Å². The number of hydrogen-bond acceptors (Lipinski definition) is 3. The highest BCUT2D eigenvalue weighted by atomic mass is 16.5. The van der Waals surface area contributed by atoms with Gasteiger partial charge in [0.1, 0.15) is 12.4 Å². The first-order valence-corrected chi connectivity index (χ1v) is 7.32. The van der Waals surface area contributed by atoms with Gasteiger partial charge in [-0.3, -0.25) is 0 Å². The van der Waals surface area contributed by atoms with Crippen molar-refractivity contribution < 1.29 is 9.84 Å². The molecule has 106 valence electrons. The lowest BCUT2D eigenvalue weighted by molar-refractivity contribution is 0.0381. The van der Waals surface area contributed by atoms with Crippen molar-refractivity contribution in [1.82, 2.24) is 5.32 Å². The van der Waals surface area contributed by atoms with Crippen LogP contribution in [0.4, 0.5) is 0 Å². The summed E-state index contributed by atoms with van der Waals surface area (Å²) in [5, 5.41) is 13.7. The van der Waals surface area contributed by atoms with E-state index in [0.717, 1.165) is 31.6 Å². The first-order chi connectivity index (χ1) is 9.18. The highest BCUT2D eigenvalue weighted by Gasteiger charge is 2.30. The molecule has 0 heterocycles. The molecule has 1 fully saturated rings. The number of hydrogen-bond donors (Lipinski definition) is 2. The van der Waals surface area contributed by atoms with Crippen LogP contribution in [0.15, 0.2) is 30.3 Å². The Hall–Kier alpha value is -1.06. The van der Waals surface area contributed by atoms with Gasteiger partial charge in [0.15, 0.2) is 0 Å². The first kappa shape index (κ1) is 14.4. The van der Waals surface area contributed by atoms with E-state index in [1.165, 1.54) is 12.8 Å². The molecule has 1 saturated carbocycles. The molecule has 1 aromatic carbocycles. The molecule has 3 nitrogen and oxygen atoms in total. The first-order valence-electron chi connectivity index (χ1n) is 7.32. The Kier molecular flexibility index (Phi) is 5.23. The third-order valence-corrected chi connectivity index (χ3v) is 3.86. The van der Waals surface area contributed by atoms with Crippen molar-refractivity contribution in [3.63, 3.8) is 0 Å². The fraction of sp³-hybridized carbons (Fsp3) is 0.625. The van der Waals surface area contributed by atoms with Gasteiger partial charge in [-0.15, -0.1) is 0 Å². The fourth-order valence-corrected chi connectivity index (χ4v) is 2.63. The predicted octanol–water partition coefficient (Wildman–Crippen LogP) is 2.74. The van der Waals surface area contributed by atoms with Gasteiger partial charge >= 0.3 is 0 Å². The second kappa shape index (κ2) is 6.92. The highest BCUT2D eigenvalue weighted by Crippen LogP contribution is 2.31. The van der Waals surface area contributed by atoms with Crippen molar-refractivity contribution in [2.75, 3.05) is 13.2 Å². The number of nitrogens with one attached hydrogen (secondary N) is 1. The van der Waals surface area contributed by atoms with Crippen LogP contribution in [0.1, 0.15) is 39.0 Å². The molecule has 0 unspecified atom stereocenters. The standard InChI is InChI=1S/C16H25NO2/c1-14(13-19-15-7-3-2-4-8-15)17-12-11-16(18)9-5-6-10-16/h2-4,7-8,14,17-18H,5-6,9-13H2,1H3/t14-/m0/s1. The van der Waals surface area contributed by atoms with Gasteiger partial charge in [0, 0.05) is 6.04 Å². The number of ether oxygens (including phenoxy) is 1. The van der Waals surface area contributed by atoms with Gasteiger partial charge < -0.3 is 15.2 Å². The third-order valence-electron chi connectivity index (χ3n) is 3.86. The van der Waals surface area contributed by atoms with Crippen molar-refractivity contribution in [2.45, 2.75) is 50.7 Å². The maximum Gasteiger partial charge on any atom is 0.119 e. The summed E-state index contributed by atoms with van der Waals surface area (Å²) in [7, 11) is 0. The molecule has 2 N–H and O–H groups in total. The lowest BCUT2D eigenvalue weighted by atomic mass is 9.98. The maximum absolute atomic E-state index is 10.2. The van der Waals surface area contributed by atoms with E-state index in [1.807, 2.05) is 30.3 Å². The van der Waals surface area contributed by atoms with E-state index >= 15 is 0 Å². The van der Waals surface area contributed by atoms with Crippen LogP contribution < -0.4 is 10.1 Å². The van der Waals surface area contributed by atoms with E-state index in [1.54, 1.807) is 0 Å². The minimum absolute atomic E-state index is 0.296. The van der Waals surface area contributed by atoms with E-state index < -0.39 is 5.60 Å². The summed E-state index contributed by atoms with van der Waals surface area (Å²) in [6.45, 7) is 3.62. The zero-order chi connectivity index (χ0) is 13.6. The van der Waals surface area contributed by atoms with E-state index in [4.69, 9.17) is 4.74 Å². The molecule has 0 bridgehead atoms. The van der Waals surface area contributed by atoms with Crippen molar-refractivity contribution >= 4 is 0 Å². The zero-order valence-corrected chi connectivity index (χ0v) is 11.8. The summed E-state index contributed by atoms with van der Waals surface area (Å²) in [6.07, 6.45) is 5.11. The zero-order valence-electron chi connectivity index (χ0n) is 11.8. The van der Waals surface area contributed by atoms with Gasteiger partial charge in [-0.2, -0.15) is 0 Å². The molecule has 2 rings (SSSR count). The van der Waals surface area contributed by atoms with Crippen LogP contribution in [0.2, 0.25) is 0 Å². The molecule has 0 radical (unpaired) electrons. The summed E-state index contributed by atoms with van der Waals surface area (Å²) >= 11 is 0. The minimum Gasteiger partial charge on any atom is -0.492 e. The van der Waals surface area contributed by atoms with Gasteiger partial charge in [0.2, 0.25) is 0 Å². The number of aliphatic hydroxyl groups is 1. The Morgan fingerprint density at radius 3 is 2.63 bits per heavy atom. The van der Waals surface area contributed by atoms with Crippen LogP contribution in [0.25, 0.3) is 0 Å². The van der Waals surface area contributed by atoms with E-state index in [9.17, 15) is 5.11 Å². The molecule has 1 aliphatic rings. The van der Waals surface area contributed by atoms with Crippen molar-refractivity contribution in [3.8, 4) is 5.75 Å². The summed E-state index contributed by atoms with van der Waals surface area (Å²) < 4.78 is 5.69. The smallest absolute Gasteiger partial charge is 0.119 e. The molecule has 0 amide bonds. The Morgan fingerprint density at radius 2 is 1.95 bits per heavy atom. The number of benzene rings is 1. The van der Waals surface area contributed by atoms with Gasteiger partial charge in [-0.25, -0.2) is 0 Å². The normalized spacial score (nSPS) is 19.3. The predicted molar refractivity (Wildman–Crippen MR) is 77.4 cm³/mol. The minimum atomic E-state index is -0.410. The molecule has 0 aromatic heterocycles. The molecule has 3 heteroatoms. The van der Waals surface area contributed by atoms with Gasteiger partial charge in [-0.1, -0.05) is 31.0 Å². The highest BCUT2D eigenvalue weighted by molar-refractivity contribution is 5.20. The lowest BCUT2D eigenvalue weighted by Crippen LogP contribution is -2.36. The molecule has 1 aromatic rings. The number of rotatable bonds is 7. The number of para-hydroxylation sites is 1. The second-order valence-corrected chi connectivity index (χ2v) is 5.66. The topological polar surface area (TPSA) is 41.5 Å². The van der Waals surface area contributed by atoms with Crippen molar-refractivity contribution in [2.24, 2.45) is 0 Å². The maximum atomic E-state index is 10.2. The van der Waals surface area contributed by atoms with Crippen LogP contribution >= 0.6 is 0 Å². The quantitative estimate of drug-likeness (QED) is 0.795. The average molecular weight is 263 g/mol. The Labute approximate surface area is 116 Å². The van der Waals surface area contributed by atoms with Crippen LogP contribution in [0.3, 0.4) is 0 Å². The molecular weight excluding hydrogens is 238 g/mol. The summed E-state index contributed by atoms with van der Waals surface area (Å²) in [4.78, 5) is 0. The van der Waals surface area contributed by atoms with E-state index in [-0.39, 0.29) is 0 Å². The Bertz CT molecular complexity index is 360. The van der Waals surface area contributed by atoms with Crippen LogP contribution in [-0.4, -0.2) is 29.9 Å². The Balaban J connectivity index is 1.61. The molecule has 0 saturated heterocycles. The van der Waals surface area contributed by atoms with Crippen molar-refractivity contribution in [1.29, 1.82) is 0 Å². The molecule has 0 aliphatic heterocycles. The van der Waals surface area contributed by atoms with E-state index in [0.29, 0.717) is 12.6 Å². The Morgan fingerprint density at radius 1 is 1.26 bits per heavy atom. The SMILES string of the molecule is C[C@@H](COc1ccccc1)NCCC1(O)CCCC1.